The van der Waals surface area contributed by atoms with Crippen molar-refractivity contribution in [3.8, 4) is 5.75 Å². The molecule has 0 aliphatic heterocycles. The minimum absolute atomic E-state index is 0.129. The van der Waals surface area contributed by atoms with E-state index in [4.69, 9.17) is 4.74 Å². The molecule has 0 atom stereocenters. The molecule has 0 aliphatic carbocycles. The molecule has 6 heteroatoms. The van der Waals surface area contributed by atoms with E-state index < -0.39 is 5.97 Å². The molecule has 2 heterocycles. The van der Waals surface area contributed by atoms with Crippen LogP contribution in [-0.4, -0.2) is 21.6 Å². The summed E-state index contributed by atoms with van der Waals surface area (Å²) in [4.78, 5) is 26.1. The predicted octanol–water partition coefficient (Wildman–Crippen LogP) is 6.37. The Kier molecular flexibility index (Phi) is 5.67. The predicted molar refractivity (Wildman–Crippen MR) is 135 cm³/mol. The van der Waals surface area contributed by atoms with Crippen LogP contribution in [0.1, 0.15) is 32.1 Å². The lowest BCUT2D eigenvalue weighted by molar-refractivity contribution is -0.136. The molecule has 0 bridgehead atoms. The molecular weight excluding hydrogens is 446 g/mol. The molecule has 34 heavy (non-hydrogen) atoms. The first-order valence-electron chi connectivity index (χ1n) is 11.0. The van der Waals surface area contributed by atoms with E-state index >= 15 is 0 Å². The lowest BCUT2D eigenvalue weighted by Crippen LogP contribution is -2.15. The van der Waals surface area contributed by atoms with Gasteiger partial charge >= 0.3 is 5.97 Å². The highest BCUT2D eigenvalue weighted by molar-refractivity contribution is 7.19. The van der Waals surface area contributed by atoms with E-state index in [0.717, 1.165) is 15.8 Å². The third-order valence-electron chi connectivity index (χ3n) is 6.06. The molecule has 0 unspecified atom stereocenters. The Bertz CT molecular complexity index is 1530. The average molecular weight is 470 g/mol. The smallest absolute Gasteiger partial charge is 0.307 e. The summed E-state index contributed by atoms with van der Waals surface area (Å²) in [5, 5.41) is 11.4. The van der Waals surface area contributed by atoms with Gasteiger partial charge in [-0.25, -0.2) is 0 Å². The highest BCUT2D eigenvalue weighted by atomic mass is 32.1. The van der Waals surface area contributed by atoms with Crippen LogP contribution in [-0.2, 0) is 17.8 Å². The van der Waals surface area contributed by atoms with Crippen molar-refractivity contribution in [1.29, 1.82) is 0 Å². The van der Waals surface area contributed by atoms with E-state index in [0.29, 0.717) is 34.7 Å². The van der Waals surface area contributed by atoms with Crippen molar-refractivity contribution in [2.45, 2.75) is 26.9 Å². The van der Waals surface area contributed by atoms with Crippen LogP contribution in [0.3, 0.4) is 0 Å². The quantitative estimate of drug-likeness (QED) is 0.314. The number of benzene rings is 3. The molecule has 5 nitrogen and oxygen atoms in total. The fourth-order valence-electron chi connectivity index (χ4n) is 4.42. The molecule has 0 fully saturated rings. The van der Waals surface area contributed by atoms with Crippen molar-refractivity contribution in [2.75, 3.05) is 0 Å². The number of hydrogen-bond acceptors (Lipinski definition) is 4. The van der Waals surface area contributed by atoms with Crippen LogP contribution < -0.4 is 4.74 Å². The summed E-state index contributed by atoms with van der Waals surface area (Å²) < 4.78 is 8.86. The average Bonchev–Trinajstić information content (AvgIpc) is 3.36. The Morgan fingerprint density at radius 3 is 2.50 bits per heavy atom. The SMILES string of the molecule is Cc1cc(OCc2cc3ccccc3s2)ccc1C(=O)n1c(C)c(CC(=O)O)c2ccccc21. The van der Waals surface area contributed by atoms with Crippen LogP contribution in [0.5, 0.6) is 5.75 Å². The second-order valence-corrected chi connectivity index (χ2v) is 9.48. The molecule has 5 aromatic rings. The number of ether oxygens (including phenoxy) is 1. The van der Waals surface area contributed by atoms with Crippen LogP contribution in [0, 0.1) is 13.8 Å². The number of para-hydroxylation sites is 1. The third kappa shape index (κ3) is 3.97. The van der Waals surface area contributed by atoms with Crippen molar-refractivity contribution >= 4 is 44.2 Å². The topological polar surface area (TPSA) is 68.5 Å². The normalized spacial score (nSPS) is 11.2. The Morgan fingerprint density at radius 1 is 0.971 bits per heavy atom. The number of fused-ring (bicyclic) bond motifs is 2. The van der Waals surface area contributed by atoms with Crippen LogP contribution in [0.2, 0.25) is 0 Å². The Labute approximate surface area is 200 Å². The van der Waals surface area contributed by atoms with Gasteiger partial charge in [0.1, 0.15) is 12.4 Å². The summed E-state index contributed by atoms with van der Waals surface area (Å²) in [5.41, 5.74) is 3.39. The largest absolute Gasteiger partial charge is 0.488 e. The zero-order valence-corrected chi connectivity index (χ0v) is 19.7. The number of aromatic nitrogens is 1. The molecule has 0 saturated heterocycles. The zero-order valence-electron chi connectivity index (χ0n) is 18.9. The van der Waals surface area contributed by atoms with Crippen molar-refractivity contribution in [1.82, 2.24) is 4.57 Å². The molecule has 5 rings (SSSR count). The summed E-state index contributed by atoms with van der Waals surface area (Å²) in [6.45, 7) is 4.15. The molecule has 2 aromatic heterocycles. The number of aryl methyl sites for hydroxylation is 1. The fraction of sp³-hybridized carbons (Fsp3) is 0.143. The first-order valence-corrected chi connectivity index (χ1v) is 11.8. The number of carbonyl (C=O) groups is 2. The molecular formula is C28H23NO4S. The molecule has 3 aromatic carbocycles. The summed E-state index contributed by atoms with van der Waals surface area (Å²) in [6.07, 6.45) is -0.129. The summed E-state index contributed by atoms with van der Waals surface area (Å²) in [5.74, 6) is -0.402. The lowest BCUT2D eigenvalue weighted by atomic mass is 10.1. The van der Waals surface area contributed by atoms with Crippen molar-refractivity contribution in [2.24, 2.45) is 0 Å². The van der Waals surface area contributed by atoms with Gasteiger partial charge in [0, 0.05) is 26.2 Å². The van der Waals surface area contributed by atoms with Gasteiger partial charge in [0.2, 0.25) is 0 Å². The summed E-state index contributed by atoms with van der Waals surface area (Å²) >= 11 is 1.71. The standard InChI is InChI=1S/C28H23NO4S/c1-17-13-20(33-16-21-14-19-7-3-6-10-26(19)34-21)11-12-22(17)28(32)29-18(2)24(15-27(30)31)23-8-4-5-9-25(23)29/h3-14H,15-16H2,1-2H3,(H,30,31). The highest BCUT2D eigenvalue weighted by Crippen LogP contribution is 2.30. The summed E-state index contributed by atoms with van der Waals surface area (Å²) in [6, 6.07) is 23.3. The van der Waals surface area contributed by atoms with E-state index in [1.165, 1.54) is 10.1 Å². The van der Waals surface area contributed by atoms with Crippen molar-refractivity contribution in [3.63, 3.8) is 0 Å². The van der Waals surface area contributed by atoms with Gasteiger partial charge in [-0.3, -0.25) is 14.2 Å². The van der Waals surface area contributed by atoms with Crippen LogP contribution in [0.25, 0.3) is 21.0 Å². The third-order valence-corrected chi connectivity index (χ3v) is 7.15. The Balaban J connectivity index is 1.42. The maximum absolute atomic E-state index is 13.6. The molecule has 170 valence electrons. The van der Waals surface area contributed by atoms with Crippen LogP contribution in [0.15, 0.2) is 72.8 Å². The van der Waals surface area contributed by atoms with Gasteiger partial charge in [-0.15, -0.1) is 11.3 Å². The van der Waals surface area contributed by atoms with Gasteiger partial charge in [0.05, 0.1) is 11.9 Å². The first kappa shape index (κ1) is 21.9. The molecule has 0 saturated carbocycles. The number of rotatable bonds is 6. The van der Waals surface area contributed by atoms with Crippen molar-refractivity contribution < 1.29 is 19.4 Å². The van der Waals surface area contributed by atoms with E-state index in [2.05, 4.69) is 18.2 Å². The number of carboxylic acids is 1. The molecule has 0 radical (unpaired) electrons. The van der Waals surface area contributed by atoms with Gasteiger partial charge in [-0.05, 0) is 66.8 Å². The zero-order chi connectivity index (χ0) is 23.8. The van der Waals surface area contributed by atoms with E-state index in [1.807, 2.05) is 55.5 Å². The van der Waals surface area contributed by atoms with E-state index in [1.54, 1.807) is 28.9 Å². The Morgan fingerprint density at radius 2 is 1.74 bits per heavy atom. The number of aliphatic carboxylic acids is 1. The van der Waals surface area contributed by atoms with Gasteiger partial charge in [-0.1, -0.05) is 36.4 Å². The number of carboxylic acid groups (broad SMARTS) is 1. The second-order valence-electron chi connectivity index (χ2n) is 8.31. The van der Waals surface area contributed by atoms with Gasteiger partial charge in [-0.2, -0.15) is 0 Å². The second kappa shape index (κ2) is 8.80. The molecule has 0 spiro atoms. The first-order chi connectivity index (χ1) is 16.4. The number of hydrogen-bond donors (Lipinski definition) is 1. The Hall–Kier alpha value is -3.90. The fourth-order valence-corrected chi connectivity index (χ4v) is 5.40. The van der Waals surface area contributed by atoms with E-state index in [9.17, 15) is 14.7 Å². The van der Waals surface area contributed by atoms with Gasteiger partial charge in [0.15, 0.2) is 0 Å². The number of carbonyl (C=O) groups excluding carboxylic acids is 1. The van der Waals surface area contributed by atoms with Crippen molar-refractivity contribution in [3.05, 3.63) is 100 Å². The minimum atomic E-state index is -0.922. The lowest BCUT2D eigenvalue weighted by Gasteiger charge is -2.12. The maximum atomic E-state index is 13.6. The van der Waals surface area contributed by atoms with Gasteiger partial charge < -0.3 is 9.84 Å². The van der Waals surface area contributed by atoms with E-state index in [-0.39, 0.29) is 12.3 Å². The number of thiophene rings is 1. The monoisotopic (exact) mass is 469 g/mol. The minimum Gasteiger partial charge on any atom is -0.488 e. The molecule has 1 N–H and O–H groups in total. The molecule has 0 amide bonds. The van der Waals surface area contributed by atoms with Gasteiger partial charge in [0.25, 0.3) is 5.91 Å². The highest BCUT2D eigenvalue weighted by Gasteiger charge is 2.22. The molecule has 0 aliphatic rings. The van der Waals surface area contributed by atoms with Crippen LogP contribution in [0.4, 0.5) is 0 Å². The summed E-state index contributed by atoms with van der Waals surface area (Å²) in [7, 11) is 0. The number of nitrogens with zero attached hydrogens (tertiary/aromatic N) is 1. The maximum Gasteiger partial charge on any atom is 0.307 e. The van der Waals surface area contributed by atoms with Crippen LogP contribution >= 0.6 is 11.3 Å².